The molecule has 8 nitrogen and oxygen atoms in total. The molecule has 1 saturated heterocycles. The van der Waals surface area contributed by atoms with Crippen molar-refractivity contribution >= 4 is 17.8 Å². The Bertz CT molecular complexity index is 787. The van der Waals surface area contributed by atoms with Gasteiger partial charge in [-0.1, -0.05) is 49.6 Å². The van der Waals surface area contributed by atoms with Gasteiger partial charge in [0.2, 0.25) is 11.4 Å². The van der Waals surface area contributed by atoms with Crippen molar-refractivity contribution in [3.05, 3.63) is 35.9 Å². The van der Waals surface area contributed by atoms with Crippen LogP contribution >= 0.6 is 0 Å². The maximum Gasteiger partial charge on any atom is 0.344 e. The second kappa shape index (κ2) is 10.2. The number of carbonyl (C=O) groups excluding carboxylic acids is 2. The lowest BCUT2D eigenvalue weighted by Crippen LogP contribution is -2.63. The summed E-state index contributed by atoms with van der Waals surface area (Å²) in [4.78, 5) is 40.5. The molecule has 2 aliphatic rings. The van der Waals surface area contributed by atoms with E-state index in [9.17, 15) is 19.5 Å². The number of benzene rings is 1. The summed E-state index contributed by atoms with van der Waals surface area (Å²) < 4.78 is 5.47. The smallest absolute Gasteiger partial charge is 0.344 e. The molecule has 1 aromatic rings. The molecule has 0 bridgehead atoms. The van der Waals surface area contributed by atoms with Crippen LogP contribution in [0.5, 0.6) is 0 Å². The number of esters is 1. The molecule has 1 aromatic carbocycles. The van der Waals surface area contributed by atoms with Gasteiger partial charge in [0.1, 0.15) is 6.61 Å². The number of nitrogens with two attached hydrogens (primary N) is 2. The first kappa shape index (κ1) is 23.2. The highest BCUT2D eigenvalue weighted by Crippen LogP contribution is 2.46. The molecule has 4 atom stereocenters. The fourth-order valence-electron chi connectivity index (χ4n) is 4.99. The van der Waals surface area contributed by atoms with Gasteiger partial charge in [-0.15, -0.1) is 0 Å². The van der Waals surface area contributed by atoms with Crippen LogP contribution in [0.4, 0.5) is 0 Å². The number of hydrogen-bond donors (Lipinski definition) is 3. The van der Waals surface area contributed by atoms with E-state index >= 15 is 0 Å². The number of carboxylic acids is 1. The van der Waals surface area contributed by atoms with Gasteiger partial charge in [-0.3, -0.25) is 4.79 Å². The monoisotopic (exact) mass is 431 g/mol. The van der Waals surface area contributed by atoms with E-state index in [-0.39, 0.29) is 25.0 Å². The second-order valence-corrected chi connectivity index (χ2v) is 8.64. The molecule has 31 heavy (non-hydrogen) atoms. The number of hydrogen-bond acceptors (Lipinski definition) is 6. The molecule has 2 fully saturated rings. The summed E-state index contributed by atoms with van der Waals surface area (Å²) in [6.45, 7) is 0.453. The third kappa shape index (κ3) is 4.75. The Morgan fingerprint density at radius 3 is 2.55 bits per heavy atom. The zero-order valence-electron chi connectivity index (χ0n) is 17.9. The molecule has 1 saturated carbocycles. The molecule has 1 amide bonds. The lowest BCUT2D eigenvalue weighted by atomic mass is 9.83. The Hall–Kier alpha value is -2.45. The topological polar surface area (TPSA) is 136 Å². The van der Waals surface area contributed by atoms with Gasteiger partial charge in [0.25, 0.3) is 0 Å². The standard InChI is InChI=1S/C23H33N3O5/c24-13-7-6-11-18(25)20(27)26-19-12-5-4-10-17(19)14-23(26,21(28)29)22(30)31-15-16-8-2-1-3-9-16/h1-3,8-9,17-19H,4-7,10-15,24-25H2,(H,28,29)/t17-,18?,19-,23+/m1/s1. The summed E-state index contributed by atoms with van der Waals surface area (Å²) in [6, 6.07) is 7.90. The first-order valence-electron chi connectivity index (χ1n) is 11.1. The van der Waals surface area contributed by atoms with Crippen molar-refractivity contribution in [3.8, 4) is 0 Å². The summed E-state index contributed by atoms with van der Waals surface area (Å²) in [5, 5.41) is 10.2. The van der Waals surface area contributed by atoms with Gasteiger partial charge in [-0.05, 0) is 50.1 Å². The molecule has 8 heteroatoms. The average molecular weight is 432 g/mol. The third-order valence-electron chi connectivity index (χ3n) is 6.60. The number of amides is 1. The maximum atomic E-state index is 13.4. The van der Waals surface area contributed by atoms with E-state index in [0.717, 1.165) is 31.2 Å². The molecule has 1 unspecified atom stereocenters. The Labute approximate surface area is 182 Å². The van der Waals surface area contributed by atoms with E-state index in [0.29, 0.717) is 25.8 Å². The van der Waals surface area contributed by atoms with Crippen molar-refractivity contribution in [1.82, 2.24) is 4.90 Å². The maximum absolute atomic E-state index is 13.4. The quantitative estimate of drug-likeness (QED) is 0.308. The first-order chi connectivity index (χ1) is 14.9. The summed E-state index contributed by atoms with van der Waals surface area (Å²) >= 11 is 0. The van der Waals surface area contributed by atoms with E-state index in [4.69, 9.17) is 16.2 Å². The largest absolute Gasteiger partial charge is 0.479 e. The lowest BCUT2D eigenvalue weighted by Gasteiger charge is -2.38. The van der Waals surface area contributed by atoms with Crippen molar-refractivity contribution in [2.24, 2.45) is 17.4 Å². The summed E-state index contributed by atoms with van der Waals surface area (Å²) in [7, 11) is 0. The minimum absolute atomic E-state index is 0.0469. The predicted octanol–water partition coefficient (Wildman–Crippen LogP) is 1.80. The number of nitrogens with zero attached hydrogens (tertiary/aromatic N) is 1. The zero-order valence-corrected chi connectivity index (χ0v) is 17.9. The molecule has 0 aromatic heterocycles. The van der Waals surface area contributed by atoms with Crippen LogP contribution < -0.4 is 11.5 Å². The van der Waals surface area contributed by atoms with Gasteiger partial charge in [-0.25, -0.2) is 9.59 Å². The fourth-order valence-corrected chi connectivity index (χ4v) is 4.99. The number of aliphatic carboxylic acids is 1. The van der Waals surface area contributed by atoms with Gasteiger partial charge in [-0.2, -0.15) is 0 Å². The highest BCUT2D eigenvalue weighted by molar-refractivity contribution is 6.08. The summed E-state index contributed by atoms with van der Waals surface area (Å²) in [6.07, 6.45) is 5.19. The first-order valence-corrected chi connectivity index (χ1v) is 11.1. The van der Waals surface area contributed by atoms with Crippen molar-refractivity contribution in [3.63, 3.8) is 0 Å². The molecule has 0 spiro atoms. The summed E-state index contributed by atoms with van der Waals surface area (Å²) in [5.74, 6) is -2.76. The number of carbonyl (C=O) groups is 3. The van der Waals surface area contributed by atoms with Gasteiger partial charge < -0.3 is 26.2 Å². The Kier molecular flexibility index (Phi) is 7.67. The predicted molar refractivity (Wildman–Crippen MR) is 115 cm³/mol. The normalized spacial score (nSPS) is 26.2. The highest BCUT2D eigenvalue weighted by atomic mass is 16.5. The van der Waals surface area contributed by atoms with Crippen molar-refractivity contribution < 1.29 is 24.2 Å². The molecular formula is C23H33N3O5. The van der Waals surface area contributed by atoms with E-state index in [1.165, 1.54) is 4.90 Å². The fraction of sp³-hybridized carbons (Fsp3) is 0.609. The van der Waals surface area contributed by atoms with Crippen molar-refractivity contribution in [1.29, 1.82) is 0 Å². The van der Waals surface area contributed by atoms with E-state index < -0.39 is 29.4 Å². The molecule has 1 aliphatic carbocycles. The van der Waals surface area contributed by atoms with Crippen LogP contribution in [0.15, 0.2) is 30.3 Å². The minimum atomic E-state index is -2.03. The SMILES string of the molecule is NCCCCC(N)C(=O)N1[C@@H]2CCCC[C@@H]2C[C@]1(C(=O)O)C(=O)OCc1ccccc1. The lowest BCUT2D eigenvalue weighted by molar-refractivity contribution is -0.176. The molecule has 3 rings (SSSR count). The van der Waals surface area contributed by atoms with Crippen LogP contribution in [0.2, 0.25) is 0 Å². The second-order valence-electron chi connectivity index (χ2n) is 8.64. The van der Waals surface area contributed by atoms with Crippen LogP contribution in [0.25, 0.3) is 0 Å². The Balaban J connectivity index is 1.87. The van der Waals surface area contributed by atoms with Crippen molar-refractivity contribution in [2.75, 3.05) is 6.54 Å². The number of rotatable bonds is 9. The van der Waals surface area contributed by atoms with Gasteiger partial charge in [0.05, 0.1) is 6.04 Å². The third-order valence-corrected chi connectivity index (χ3v) is 6.60. The van der Waals surface area contributed by atoms with Gasteiger partial charge in [0.15, 0.2) is 0 Å². The molecule has 170 valence electrons. The van der Waals surface area contributed by atoms with Crippen LogP contribution in [0.1, 0.15) is 56.9 Å². The molecule has 5 N–H and O–H groups in total. The Morgan fingerprint density at radius 1 is 1.16 bits per heavy atom. The number of unbranched alkanes of at least 4 members (excludes halogenated alkanes) is 1. The molecule has 1 heterocycles. The zero-order chi connectivity index (χ0) is 22.4. The van der Waals surface area contributed by atoms with E-state index in [2.05, 4.69) is 0 Å². The van der Waals surface area contributed by atoms with Crippen LogP contribution in [-0.2, 0) is 25.7 Å². The number of likely N-dealkylation sites (tertiary alicyclic amines) is 1. The average Bonchev–Trinajstić information content (AvgIpc) is 3.14. The number of ether oxygens (including phenoxy) is 1. The van der Waals surface area contributed by atoms with E-state index in [1.807, 2.05) is 18.2 Å². The highest BCUT2D eigenvalue weighted by Gasteiger charge is 2.64. The van der Waals surface area contributed by atoms with Gasteiger partial charge >= 0.3 is 11.9 Å². The molecule has 1 aliphatic heterocycles. The van der Waals surface area contributed by atoms with Crippen LogP contribution in [0, 0.1) is 5.92 Å². The number of carboxylic acid groups (broad SMARTS) is 1. The van der Waals surface area contributed by atoms with Crippen LogP contribution in [0.3, 0.4) is 0 Å². The Morgan fingerprint density at radius 2 is 1.87 bits per heavy atom. The van der Waals surface area contributed by atoms with Crippen LogP contribution in [-0.4, -0.2) is 52.0 Å². The van der Waals surface area contributed by atoms with Crippen molar-refractivity contribution in [2.45, 2.75) is 75.6 Å². The van der Waals surface area contributed by atoms with E-state index in [1.54, 1.807) is 12.1 Å². The number of fused-ring (bicyclic) bond motifs is 1. The van der Waals surface area contributed by atoms with Gasteiger partial charge in [0, 0.05) is 6.04 Å². The summed E-state index contributed by atoms with van der Waals surface area (Å²) in [5.41, 5.74) is 10.4. The minimum Gasteiger partial charge on any atom is -0.479 e. The molecular weight excluding hydrogens is 398 g/mol. The molecule has 0 radical (unpaired) electrons.